The van der Waals surface area contributed by atoms with E-state index in [4.69, 9.17) is 27.9 Å². The van der Waals surface area contributed by atoms with Crippen molar-refractivity contribution in [2.45, 2.75) is 32.0 Å². The van der Waals surface area contributed by atoms with Crippen molar-refractivity contribution in [2.75, 3.05) is 25.0 Å². The molecule has 1 N–H and O–H groups in total. The molecule has 1 atom stereocenters. The number of esters is 1. The summed E-state index contributed by atoms with van der Waals surface area (Å²) in [6.45, 7) is 0.717. The quantitative estimate of drug-likeness (QED) is 0.718. The molecule has 27 heavy (non-hydrogen) atoms. The summed E-state index contributed by atoms with van der Waals surface area (Å²) in [6.07, 6.45) is -4.84. The van der Waals surface area contributed by atoms with Gasteiger partial charge in [0.25, 0.3) is 5.91 Å². The number of ether oxygens (including phenoxy) is 1. The van der Waals surface area contributed by atoms with E-state index in [2.05, 4.69) is 5.32 Å². The first-order valence-electron chi connectivity index (χ1n) is 8.31. The molecule has 0 bridgehead atoms. The first-order valence-corrected chi connectivity index (χ1v) is 9.07. The van der Waals surface area contributed by atoms with Crippen molar-refractivity contribution in [1.29, 1.82) is 0 Å². The number of likely N-dealkylation sites (tertiary alicyclic amines) is 1. The van der Waals surface area contributed by atoms with Gasteiger partial charge in [-0.2, -0.15) is 13.2 Å². The summed E-state index contributed by atoms with van der Waals surface area (Å²) in [5, 5.41) is 2.96. The van der Waals surface area contributed by atoms with Gasteiger partial charge in [0.15, 0.2) is 6.10 Å². The van der Waals surface area contributed by atoms with Crippen LogP contribution in [-0.4, -0.2) is 48.7 Å². The van der Waals surface area contributed by atoms with Crippen LogP contribution < -0.4 is 5.32 Å². The standard InChI is InChI=1S/C17H19Cl2F3N2O3/c1-10(15(25)23-13-4-2-3-12(18)14(13)19)27-16(26)11-5-7-24(8-6-11)9-17(20,21)22/h2-4,10-11H,5-9H2,1H3,(H,23,25). The number of rotatable bonds is 5. The van der Waals surface area contributed by atoms with Gasteiger partial charge in [0.05, 0.1) is 28.2 Å². The lowest BCUT2D eigenvalue weighted by molar-refractivity contribution is -0.161. The Labute approximate surface area is 164 Å². The van der Waals surface area contributed by atoms with Gasteiger partial charge in [-0.3, -0.25) is 14.5 Å². The van der Waals surface area contributed by atoms with E-state index >= 15 is 0 Å². The van der Waals surface area contributed by atoms with Crippen LogP contribution in [0.15, 0.2) is 18.2 Å². The minimum atomic E-state index is -4.26. The molecule has 0 aromatic heterocycles. The van der Waals surface area contributed by atoms with E-state index in [0.717, 1.165) is 0 Å². The van der Waals surface area contributed by atoms with Gasteiger partial charge in [-0.25, -0.2) is 0 Å². The zero-order valence-corrected chi connectivity index (χ0v) is 16.0. The van der Waals surface area contributed by atoms with Gasteiger partial charge < -0.3 is 10.1 Å². The fourth-order valence-electron chi connectivity index (χ4n) is 2.74. The Morgan fingerprint density at radius 3 is 2.52 bits per heavy atom. The number of amides is 1. The zero-order chi connectivity index (χ0) is 20.2. The van der Waals surface area contributed by atoms with Crippen LogP contribution in [0.4, 0.5) is 18.9 Å². The van der Waals surface area contributed by atoms with Crippen LogP contribution >= 0.6 is 23.2 Å². The van der Waals surface area contributed by atoms with E-state index in [0.29, 0.717) is 0 Å². The summed E-state index contributed by atoms with van der Waals surface area (Å²) in [7, 11) is 0. The maximum Gasteiger partial charge on any atom is 0.401 e. The molecule has 0 spiro atoms. The van der Waals surface area contributed by atoms with Crippen LogP contribution in [0.25, 0.3) is 0 Å². The summed E-state index contributed by atoms with van der Waals surface area (Å²) < 4.78 is 42.3. The number of hydrogen-bond acceptors (Lipinski definition) is 4. The summed E-state index contributed by atoms with van der Waals surface area (Å²) in [5.74, 6) is -1.71. The SMILES string of the molecule is CC(OC(=O)C1CCN(CC(F)(F)F)CC1)C(=O)Nc1cccc(Cl)c1Cl. The molecule has 0 aliphatic carbocycles. The minimum absolute atomic E-state index is 0.151. The van der Waals surface area contributed by atoms with Crippen molar-refractivity contribution < 1.29 is 27.5 Å². The number of piperidine rings is 1. The Bertz CT molecular complexity index is 692. The number of nitrogens with zero attached hydrogens (tertiary/aromatic N) is 1. The van der Waals surface area contributed by atoms with Crippen LogP contribution in [0.1, 0.15) is 19.8 Å². The summed E-state index contributed by atoms with van der Waals surface area (Å²) in [6, 6.07) is 4.72. The van der Waals surface area contributed by atoms with E-state index in [1.54, 1.807) is 18.2 Å². The molecule has 5 nitrogen and oxygen atoms in total. The highest BCUT2D eigenvalue weighted by Crippen LogP contribution is 2.30. The maximum absolute atomic E-state index is 12.4. The third-order valence-electron chi connectivity index (χ3n) is 4.20. The molecule has 1 aromatic carbocycles. The Kier molecular flexibility index (Phi) is 7.36. The van der Waals surface area contributed by atoms with Crippen molar-refractivity contribution >= 4 is 40.8 Å². The highest BCUT2D eigenvalue weighted by atomic mass is 35.5. The van der Waals surface area contributed by atoms with Gasteiger partial charge in [0.2, 0.25) is 0 Å². The molecule has 150 valence electrons. The first-order chi connectivity index (χ1) is 12.6. The number of alkyl halides is 3. The van der Waals surface area contributed by atoms with Crippen LogP contribution in [-0.2, 0) is 14.3 Å². The van der Waals surface area contributed by atoms with Crippen molar-refractivity contribution in [3.8, 4) is 0 Å². The second-order valence-corrected chi connectivity index (χ2v) is 7.12. The number of carbonyl (C=O) groups excluding carboxylic acids is 2. The second-order valence-electron chi connectivity index (χ2n) is 6.34. The van der Waals surface area contributed by atoms with Crippen molar-refractivity contribution in [3.63, 3.8) is 0 Å². The van der Waals surface area contributed by atoms with Crippen molar-refractivity contribution in [1.82, 2.24) is 4.90 Å². The fraction of sp³-hybridized carbons (Fsp3) is 0.529. The normalized spacial score (nSPS) is 17.4. The monoisotopic (exact) mass is 426 g/mol. The van der Waals surface area contributed by atoms with Gasteiger partial charge >= 0.3 is 12.1 Å². The largest absolute Gasteiger partial charge is 0.452 e. The van der Waals surface area contributed by atoms with E-state index in [9.17, 15) is 22.8 Å². The van der Waals surface area contributed by atoms with Crippen LogP contribution in [0, 0.1) is 5.92 Å². The molecule has 1 aliphatic heterocycles. The predicted octanol–water partition coefficient (Wildman–Crippen LogP) is 4.14. The lowest BCUT2D eigenvalue weighted by Gasteiger charge is -2.31. The topological polar surface area (TPSA) is 58.6 Å². The van der Waals surface area contributed by atoms with Crippen molar-refractivity contribution in [2.24, 2.45) is 5.92 Å². The van der Waals surface area contributed by atoms with Gasteiger partial charge in [-0.1, -0.05) is 29.3 Å². The number of hydrogen-bond donors (Lipinski definition) is 1. The maximum atomic E-state index is 12.4. The van der Waals surface area contributed by atoms with Gasteiger partial charge in [0.1, 0.15) is 0 Å². The molecule has 1 unspecified atom stereocenters. The smallest absolute Gasteiger partial charge is 0.401 e. The highest BCUT2D eigenvalue weighted by molar-refractivity contribution is 6.44. The van der Waals surface area contributed by atoms with Gasteiger partial charge in [0, 0.05) is 0 Å². The Hall–Kier alpha value is -1.51. The Morgan fingerprint density at radius 2 is 1.93 bits per heavy atom. The summed E-state index contributed by atoms with van der Waals surface area (Å²) in [4.78, 5) is 25.6. The molecular weight excluding hydrogens is 408 g/mol. The minimum Gasteiger partial charge on any atom is -0.452 e. The van der Waals surface area contributed by atoms with Crippen molar-refractivity contribution in [3.05, 3.63) is 28.2 Å². The van der Waals surface area contributed by atoms with Gasteiger partial charge in [-0.05, 0) is 45.0 Å². The first kappa shape index (κ1) is 21.8. The second kappa shape index (κ2) is 9.12. The zero-order valence-electron chi connectivity index (χ0n) is 14.5. The fourth-order valence-corrected chi connectivity index (χ4v) is 3.09. The van der Waals surface area contributed by atoms with E-state index in [1.807, 2.05) is 0 Å². The molecule has 2 rings (SSSR count). The molecule has 0 saturated carbocycles. The number of benzene rings is 1. The van der Waals surface area contributed by atoms with Crippen LogP contribution in [0.5, 0.6) is 0 Å². The summed E-state index contributed by atoms with van der Waals surface area (Å²) in [5.41, 5.74) is 0.289. The Morgan fingerprint density at radius 1 is 1.30 bits per heavy atom. The molecule has 1 aliphatic rings. The van der Waals surface area contributed by atoms with Crippen LogP contribution in [0.2, 0.25) is 10.0 Å². The Balaban J connectivity index is 1.83. The van der Waals surface area contributed by atoms with E-state index in [-0.39, 0.29) is 41.7 Å². The molecule has 1 aromatic rings. The van der Waals surface area contributed by atoms with E-state index < -0.39 is 36.6 Å². The third kappa shape index (κ3) is 6.55. The number of anilines is 1. The van der Waals surface area contributed by atoms with Crippen LogP contribution in [0.3, 0.4) is 0 Å². The number of halogens is 5. The molecule has 0 radical (unpaired) electrons. The average Bonchev–Trinajstić information content (AvgIpc) is 2.58. The predicted molar refractivity (Wildman–Crippen MR) is 95.9 cm³/mol. The summed E-state index contributed by atoms with van der Waals surface area (Å²) >= 11 is 11.9. The molecular formula is C17H19Cl2F3N2O3. The molecule has 1 fully saturated rings. The lowest BCUT2D eigenvalue weighted by atomic mass is 9.97. The molecule has 10 heteroatoms. The number of nitrogens with one attached hydrogen (secondary N) is 1. The average molecular weight is 427 g/mol. The lowest BCUT2D eigenvalue weighted by Crippen LogP contribution is -2.42. The number of carbonyl (C=O) groups is 2. The van der Waals surface area contributed by atoms with Gasteiger partial charge in [-0.15, -0.1) is 0 Å². The molecule has 1 saturated heterocycles. The third-order valence-corrected chi connectivity index (χ3v) is 5.01. The molecule has 1 amide bonds. The molecule has 1 heterocycles. The van der Waals surface area contributed by atoms with E-state index in [1.165, 1.54) is 11.8 Å². The highest BCUT2D eigenvalue weighted by Gasteiger charge is 2.35.